The van der Waals surface area contributed by atoms with Crippen LogP contribution in [0.3, 0.4) is 0 Å². The van der Waals surface area contributed by atoms with Crippen LogP contribution in [0.2, 0.25) is 5.02 Å². The summed E-state index contributed by atoms with van der Waals surface area (Å²) >= 11 is 5.63. The second-order valence-electron chi connectivity index (χ2n) is 5.09. The van der Waals surface area contributed by atoms with Gasteiger partial charge in [-0.3, -0.25) is 4.68 Å². The molecule has 0 saturated heterocycles. The van der Waals surface area contributed by atoms with Gasteiger partial charge >= 0.3 is 0 Å². The van der Waals surface area contributed by atoms with E-state index < -0.39 is 11.9 Å². The third-order valence-corrected chi connectivity index (χ3v) is 3.93. The molecule has 0 saturated carbocycles. The largest absolute Gasteiger partial charge is 0.387 e. The third-order valence-electron chi connectivity index (χ3n) is 3.63. The second kappa shape index (κ2) is 6.56. The van der Waals surface area contributed by atoms with Crippen molar-refractivity contribution in [3.63, 3.8) is 0 Å². The lowest BCUT2D eigenvalue weighted by molar-refractivity contribution is 0.174. The molecule has 0 amide bonds. The Balaban J connectivity index is 1.95. The van der Waals surface area contributed by atoms with Crippen molar-refractivity contribution in [2.45, 2.75) is 26.5 Å². The molecule has 0 aliphatic carbocycles. The number of hydrogen-bond acceptors (Lipinski definition) is 3. The highest BCUT2D eigenvalue weighted by Crippen LogP contribution is 2.20. The van der Waals surface area contributed by atoms with E-state index in [2.05, 4.69) is 10.4 Å². The van der Waals surface area contributed by atoms with Gasteiger partial charge in [0.15, 0.2) is 0 Å². The molecule has 1 atom stereocenters. The predicted molar refractivity (Wildman–Crippen MR) is 80.8 cm³/mol. The lowest BCUT2D eigenvalue weighted by Crippen LogP contribution is -2.21. The lowest BCUT2D eigenvalue weighted by atomic mass is 10.1. The molecular formula is C15H19ClFN3O. The average Bonchev–Trinajstić information content (AvgIpc) is 2.68. The molecule has 0 aliphatic rings. The van der Waals surface area contributed by atoms with Crippen molar-refractivity contribution in [1.29, 1.82) is 0 Å². The van der Waals surface area contributed by atoms with E-state index >= 15 is 0 Å². The number of rotatable bonds is 5. The highest BCUT2D eigenvalue weighted by Gasteiger charge is 2.12. The number of aliphatic hydroxyl groups is 1. The van der Waals surface area contributed by atoms with Crippen LogP contribution in [0, 0.1) is 19.7 Å². The maximum Gasteiger partial charge on any atom is 0.142 e. The summed E-state index contributed by atoms with van der Waals surface area (Å²) in [6.07, 6.45) is -0.783. The lowest BCUT2D eigenvalue weighted by Gasteiger charge is -2.13. The minimum Gasteiger partial charge on any atom is -0.387 e. The van der Waals surface area contributed by atoms with E-state index in [0.29, 0.717) is 18.7 Å². The third kappa shape index (κ3) is 3.61. The van der Waals surface area contributed by atoms with Gasteiger partial charge in [-0.25, -0.2) is 4.39 Å². The number of nitrogens with one attached hydrogen (secondary N) is 1. The van der Waals surface area contributed by atoms with E-state index in [1.807, 2.05) is 25.6 Å². The van der Waals surface area contributed by atoms with E-state index in [0.717, 1.165) is 17.0 Å². The fourth-order valence-electron chi connectivity index (χ4n) is 2.24. The molecule has 114 valence electrons. The molecule has 0 spiro atoms. The molecule has 0 aliphatic heterocycles. The Labute approximate surface area is 128 Å². The maximum atomic E-state index is 13.4. The molecule has 1 heterocycles. The summed E-state index contributed by atoms with van der Waals surface area (Å²) in [6, 6.07) is 4.33. The molecule has 1 aromatic heterocycles. The predicted octanol–water partition coefficient (Wildman–Crippen LogP) is 2.65. The Hall–Kier alpha value is -1.43. The summed E-state index contributed by atoms with van der Waals surface area (Å²) in [5, 5.41) is 17.6. The highest BCUT2D eigenvalue weighted by molar-refractivity contribution is 6.30. The van der Waals surface area contributed by atoms with Crippen LogP contribution < -0.4 is 5.32 Å². The molecule has 0 fully saturated rings. The number of aryl methyl sites for hydroxylation is 2. The number of aliphatic hydroxyl groups excluding tert-OH is 1. The van der Waals surface area contributed by atoms with Gasteiger partial charge < -0.3 is 10.4 Å². The van der Waals surface area contributed by atoms with Crippen LogP contribution in [0.1, 0.15) is 28.6 Å². The first-order chi connectivity index (χ1) is 9.90. The van der Waals surface area contributed by atoms with Crippen LogP contribution in [-0.4, -0.2) is 21.4 Å². The van der Waals surface area contributed by atoms with Crippen LogP contribution >= 0.6 is 11.6 Å². The van der Waals surface area contributed by atoms with Crippen molar-refractivity contribution in [3.8, 4) is 0 Å². The number of hydrogen-bond donors (Lipinski definition) is 2. The van der Waals surface area contributed by atoms with Gasteiger partial charge in [-0.05, 0) is 31.5 Å². The number of halogens is 2. The zero-order chi connectivity index (χ0) is 15.6. The van der Waals surface area contributed by atoms with Gasteiger partial charge in [0.1, 0.15) is 5.82 Å². The second-order valence-corrected chi connectivity index (χ2v) is 5.50. The normalized spacial score (nSPS) is 12.7. The van der Waals surface area contributed by atoms with Crippen LogP contribution in [0.4, 0.5) is 4.39 Å². The molecule has 2 rings (SSSR count). The fourth-order valence-corrected chi connectivity index (χ4v) is 2.36. The zero-order valence-electron chi connectivity index (χ0n) is 12.3. The number of benzene rings is 1. The summed E-state index contributed by atoms with van der Waals surface area (Å²) in [5.41, 5.74) is 3.68. The van der Waals surface area contributed by atoms with Crippen LogP contribution in [-0.2, 0) is 13.6 Å². The monoisotopic (exact) mass is 311 g/mol. The Kier molecular flexibility index (Phi) is 4.98. The Morgan fingerprint density at radius 2 is 2.14 bits per heavy atom. The van der Waals surface area contributed by atoms with E-state index in [-0.39, 0.29) is 5.02 Å². The molecule has 0 bridgehead atoms. The van der Waals surface area contributed by atoms with Crippen molar-refractivity contribution in [1.82, 2.24) is 15.1 Å². The first-order valence-corrected chi connectivity index (χ1v) is 7.10. The van der Waals surface area contributed by atoms with Gasteiger partial charge in [0.05, 0.1) is 16.8 Å². The highest BCUT2D eigenvalue weighted by atomic mass is 35.5. The summed E-state index contributed by atoms with van der Waals surface area (Å²) in [6.45, 7) is 4.89. The molecule has 0 radical (unpaired) electrons. The maximum absolute atomic E-state index is 13.4. The Morgan fingerprint density at radius 1 is 1.43 bits per heavy atom. The van der Waals surface area contributed by atoms with Crippen molar-refractivity contribution >= 4 is 11.6 Å². The summed E-state index contributed by atoms with van der Waals surface area (Å²) in [5.74, 6) is -0.521. The fraction of sp³-hybridized carbons (Fsp3) is 0.400. The minimum absolute atomic E-state index is 0.0560. The van der Waals surface area contributed by atoms with Crippen molar-refractivity contribution < 1.29 is 9.50 Å². The number of nitrogens with zero attached hydrogens (tertiary/aromatic N) is 2. The van der Waals surface area contributed by atoms with Crippen LogP contribution in [0.15, 0.2) is 18.2 Å². The minimum atomic E-state index is -0.783. The first-order valence-electron chi connectivity index (χ1n) is 6.73. The summed E-state index contributed by atoms with van der Waals surface area (Å²) in [4.78, 5) is 0. The van der Waals surface area contributed by atoms with Gasteiger partial charge in [0.2, 0.25) is 0 Å². The zero-order valence-corrected chi connectivity index (χ0v) is 13.1. The smallest absolute Gasteiger partial charge is 0.142 e. The Morgan fingerprint density at radius 3 is 2.71 bits per heavy atom. The molecule has 2 N–H and O–H groups in total. The van der Waals surface area contributed by atoms with Crippen molar-refractivity contribution in [2.75, 3.05) is 6.54 Å². The van der Waals surface area contributed by atoms with E-state index in [1.54, 1.807) is 6.07 Å². The molecule has 2 aromatic rings. The van der Waals surface area contributed by atoms with Gasteiger partial charge in [0.25, 0.3) is 0 Å². The van der Waals surface area contributed by atoms with E-state index in [1.165, 1.54) is 12.1 Å². The quantitative estimate of drug-likeness (QED) is 0.892. The first kappa shape index (κ1) is 15.9. The standard InChI is InChI=1S/C15H19ClFN3O/c1-9-12(10(2)20(3)19-9)7-18-8-15(21)11-4-5-13(16)14(17)6-11/h4-6,15,18,21H,7-8H2,1-3H3/t15-/m0/s1. The topological polar surface area (TPSA) is 50.1 Å². The summed E-state index contributed by atoms with van der Waals surface area (Å²) < 4.78 is 15.2. The SMILES string of the molecule is Cc1nn(C)c(C)c1CNC[C@H](O)c1ccc(Cl)c(F)c1. The van der Waals surface area contributed by atoms with Crippen molar-refractivity contribution in [3.05, 3.63) is 51.6 Å². The molecule has 21 heavy (non-hydrogen) atoms. The molecule has 0 unspecified atom stereocenters. The number of aromatic nitrogens is 2. The van der Waals surface area contributed by atoms with Gasteiger partial charge in [0, 0.05) is 31.4 Å². The van der Waals surface area contributed by atoms with E-state index in [9.17, 15) is 9.50 Å². The molecule has 4 nitrogen and oxygen atoms in total. The van der Waals surface area contributed by atoms with Gasteiger partial charge in [-0.1, -0.05) is 17.7 Å². The van der Waals surface area contributed by atoms with Crippen LogP contribution in [0.25, 0.3) is 0 Å². The van der Waals surface area contributed by atoms with Gasteiger partial charge in [-0.15, -0.1) is 0 Å². The van der Waals surface area contributed by atoms with E-state index in [4.69, 9.17) is 11.6 Å². The summed E-state index contributed by atoms with van der Waals surface area (Å²) in [7, 11) is 1.90. The van der Waals surface area contributed by atoms with Gasteiger partial charge in [-0.2, -0.15) is 5.10 Å². The molecular weight excluding hydrogens is 293 g/mol. The average molecular weight is 312 g/mol. The molecule has 1 aromatic carbocycles. The van der Waals surface area contributed by atoms with Crippen molar-refractivity contribution in [2.24, 2.45) is 7.05 Å². The van der Waals surface area contributed by atoms with Crippen LogP contribution in [0.5, 0.6) is 0 Å². The Bertz CT molecular complexity index is 642. The molecule has 6 heteroatoms.